The molecule has 0 bridgehead atoms. The van der Waals surface area contributed by atoms with Gasteiger partial charge in [-0.1, -0.05) is 19.1 Å². The minimum atomic E-state index is -0.555. The molecule has 0 aliphatic carbocycles. The average molecular weight is 384 g/mol. The van der Waals surface area contributed by atoms with E-state index in [9.17, 15) is 14.4 Å². The van der Waals surface area contributed by atoms with E-state index in [1.54, 1.807) is 4.90 Å². The van der Waals surface area contributed by atoms with Crippen LogP contribution in [0.1, 0.15) is 47.7 Å². The summed E-state index contributed by atoms with van der Waals surface area (Å²) in [5.74, 6) is -0.0549. The van der Waals surface area contributed by atoms with Crippen molar-refractivity contribution in [2.24, 2.45) is 5.92 Å². The molecule has 0 saturated carbocycles. The molecule has 0 radical (unpaired) electrons. The van der Waals surface area contributed by atoms with Crippen LogP contribution in [0, 0.1) is 5.92 Å². The number of hydrogen-bond donors (Lipinski definition) is 2. The number of nitrogens with zero attached hydrogens (tertiary/aromatic N) is 2. The fraction of sp³-hybridized carbons (Fsp3) is 0.571. The Bertz CT molecular complexity index is 809. The number of benzene rings is 1. The molecule has 150 valence electrons. The lowest BCUT2D eigenvalue weighted by molar-refractivity contribution is -0.136. The number of fused-ring (bicyclic) bond motifs is 1. The molecule has 0 aromatic heterocycles. The Balaban J connectivity index is 1.45. The van der Waals surface area contributed by atoms with Gasteiger partial charge in [0.2, 0.25) is 11.8 Å². The van der Waals surface area contributed by atoms with E-state index in [2.05, 4.69) is 28.5 Å². The van der Waals surface area contributed by atoms with E-state index in [0.717, 1.165) is 25.2 Å². The number of amides is 3. The van der Waals surface area contributed by atoms with Crippen LogP contribution < -0.4 is 10.6 Å². The summed E-state index contributed by atoms with van der Waals surface area (Å²) in [5, 5.41) is 5.76. The summed E-state index contributed by atoms with van der Waals surface area (Å²) >= 11 is 0. The van der Waals surface area contributed by atoms with Gasteiger partial charge in [0.05, 0.1) is 0 Å². The molecule has 2 N–H and O–H groups in total. The third-order valence-corrected chi connectivity index (χ3v) is 6.41. The lowest BCUT2D eigenvalue weighted by Gasteiger charge is -2.37. The second kappa shape index (κ2) is 7.64. The first-order valence-electron chi connectivity index (χ1n) is 10.1. The van der Waals surface area contributed by atoms with Crippen molar-refractivity contribution >= 4 is 17.7 Å². The highest BCUT2D eigenvalue weighted by Crippen LogP contribution is 2.29. The van der Waals surface area contributed by atoms with Gasteiger partial charge in [-0.15, -0.1) is 0 Å². The third kappa shape index (κ3) is 3.56. The van der Waals surface area contributed by atoms with Crippen molar-refractivity contribution in [2.75, 3.05) is 20.1 Å². The maximum Gasteiger partial charge on any atom is 0.255 e. The third-order valence-electron chi connectivity index (χ3n) is 6.41. The fourth-order valence-corrected chi connectivity index (χ4v) is 4.64. The Morgan fingerprint density at radius 3 is 2.79 bits per heavy atom. The number of nitrogens with one attached hydrogen (secondary N) is 2. The van der Waals surface area contributed by atoms with Gasteiger partial charge in [-0.2, -0.15) is 0 Å². The smallest absolute Gasteiger partial charge is 0.255 e. The quantitative estimate of drug-likeness (QED) is 0.753. The Kier molecular flexibility index (Phi) is 5.21. The van der Waals surface area contributed by atoms with E-state index in [0.29, 0.717) is 30.5 Å². The molecular formula is C21H28N4O3. The maximum atomic E-state index is 12.8. The number of likely N-dealkylation sites (N-methyl/N-ethyl adjacent to an activating group) is 1. The molecule has 2 saturated heterocycles. The normalized spacial score (nSPS) is 28.4. The van der Waals surface area contributed by atoms with Gasteiger partial charge >= 0.3 is 0 Å². The highest BCUT2D eigenvalue weighted by atomic mass is 16.2. The number of rotatable bonds is 4. The number of hydrogen-bond acceptors (Lipinski definition) is 5. The summed E-state index contributed by atoms with van der Waals surface area (Å²) in [7, 11) is 2.02. The van der Waals surface area contributed by atoms with Gasteiger partial charge in [-0.05, 0) is 49.5 Å². The Labute approximate surface area is 165 Å². The lowest BCUT2D eigenvalue weighted by atomic mass is 9.93. The first-order valence-corrected chi connectivity index (χ1v) is 10.1. The minimum Gasteiger partial charge on any atom is -0.322 e. The molecular weight excluding hydrogens is 356 g/mol. The van der Waals surface area contributed by atoms with Gasteiger partial charge in [0.25, 0.3) is 5.91 Å². The summed E-state index contributed by atoms with van der Waals surface area (Å²) in [6.45, 7) is 5.70. The lowest BCUT2D eigenvalue weighted by Crippen LogP contribution is -2.52. The highest BCUT2D eigenvalue weighted by molar-refractivity contribution is 6.05. The van der Waals surface area contributed by atoms with E-state index in [1.807, 2.05) is 19.2 Å². The summed E-state index contributed by atoms with van der Waals surface area (Å²) in [4.78, 5) is 40.4. The molecule has 3 aliphatic rings. The van der Waals surface area contributed by atoms with Crippen molar-refractivity contribution in [1.82, 2.24) is 20.4 Å². The van der Waals surface area contributed by atoms with Crippen molar-refractivity contribution < 1.29 is 14.4 Å². The number of imide groups is 1. The van der Waals surface area contributed by atoms with Crippen LogP contribution in [0.15, 0.2) is 18.2 Å². The number of carbonyl (C=O) groups excluding carboxylic acids is 3. The highest BCUT2D eigenvalue weighted by Gasteiger charge is 2.39. The van der Waals surface area contributed by atoms with E-state index in [-0.39, 0.29) is 24.1 Å². The van der Waals surface area contributed by atoms with Gasteiger partial charge in [-0.25, -0.2) is 0 Å². The van der Waals surface area contributed by atoms with E-state index in [1.165, 1.54) is 12.0 Å². The van der Waals surface area contributed by atoms with Crippen LogP contribution >= 0.6 is 0 Å². The van der Waals surface area contributed by atoms with Gasteiger partial charge < -0.3 is 10.2 Å². The Hall–Kier alpha value is -2.25. The van der Waals surface area contributed by atoms with E-state index < -0.39 is 6.04 Å². The SMILES string of the molecule is CN[C@H]1CN(Cc2ccc3c(c2)CN(C2CCC(=O)NC2=O)C3=O)CC[C@H]1C. The average Bonchev–Trinajstić information content (AvgIpc) is 2.99. The zero-order valence-corrected chi connectivity index (χ0v) is 16.5. The zero-order valence-electron chi connectivity index (χ0n) is 16.5. The second-order valence-electron chi connectivity index (χ2n) is 8.29. The topological polar surface area (TPSA) is 81.8 Å². The number of carbonyl (C=O) groups is 3. The second-order valence-corrected chi connectivity index (χ2v) is 8.29. The molecule has 3 atom stereocenters. The van der Waals surface area contributed by atoms with Gasteiger partial charge in [-0.3, -0.25) is 24.6 Å². The molecule has 1 aromatic rings. The Morgan fingerprint density at radius 1 is 1.21 bits per heavy atom. The molecule has 7 heteroatoms. The standard InChI is InChI=1S/C21H28N4O3/c1-13-7-8-24(12-17(13)22-2)10-14-3-4-16-15(9-14)11-25(21(16)28)18-5-6-19(26)23-20(18)27/h3-4,9,13,17-18,22H,5-8,10-12H2,1-2H3,(H,23,26,27)/t13-,17+,18?/m1/s1. The van der Waals surface area contributed by atoms with E-state index in [4.69, 9.17) is 0 Å². The molecule has 1 unspecified atom stereocenters. The van der Waals surface area contributed by atoms with Crippen molar-refractivity contribution in [3.05, 3.63) is 34.9 Å². The van der Waals surface area contributed by atoms with Crippen molar-refractivity contribution in [3.8, 4) is 0 Å². The van der Waals surface area contributed by atoms with Crippen LogP contribution in [0.2, 0.25) is 0 Å². The predicted molar refractivity (Wildman–Crippen MR) is 104 cm³/mol. The number of piperidine rings is 2. The number of likely N-dealkylation sites (tertiary alicyclic amines) is 1. The van der Waals surface area contributed by atoms with Crippen molar-refractivity contribution in [3.63, 3.8) is 0 Å². The summed E-state index contributed by atoms with van der Waals surface area (Å²) in [6, 6.07) is 5.97. The van der Waals surface area contributed by atoms with Gasteiger partial charge in [0.15, 0.2) is 0 Å². The fourth-order valence-electron chi connectivity index (χ4n) is 4.64. The van der Waals surface area contributed by atoms with Crippen molar-refractivity contribution in [1.29, 1.82) is 0 Å². The molecule has 4 rings (SSSR count). The monoisotopic (exact) mass is 384 g/mol. The molecule has 3 heterocycles. The van der Waals surface area contributed by atoms with Gasteiger partial charge in [0.1, 0.15) is 6.04 Å². The molecule has 3 aliphatic heterocycles. The van der Waals surface area contributed by atoms with Crippen LogP contribution in [-0.2, 0) is 22.7 Å². The molecule has 2 fully saturated rings. The van der Waals surface area contributed by atoms with Crippen LogP contribution in [0.3, 0.4) is 0 Å². The van der Waals surface area contributed by atoms with Gasteiger partial charge in [0, 0.05) is 37.7 Å². The maximum absolute atomic E-state index is 12.8. The molecule has 0 spiro atoms. The Morgan fingerprint density at radius 2 is 2.04 bits per heavy atom. The van der Waals surface area contributed by atoms with Crippen molar-refractivity contribution in [2.45, 2.75) is 51.4 Å². The largest absolute Gasteiger partial charge is 0.322 e. The van der Waals surface area contributed by atoms with Crippen LogP contribution in [0.4, 0.5) is 0 Å². The first-order chi connectivity index (χ1) is 13.5. The van der Waals surface area contributed by atoms with Crippen LogP contribution in [-0.4, -0.2) is 59.7 Å². The minimum absolute atomic E-state index is 0.113. The first kappa shape index (κ1) is 19.1. The zero-order chi connectivity index (χ0) is 19.8. The molecule has 28 heavy (non-hydrogen) atoms. The molecule has 7 nitrogen and oxygen atoms in total. The predicted octanol–water partition coefficient (Wildman–Crippen LogP) is 0.877. The summed E-state index contributed by atoms with van der Waals surface area (Å²) < 4.78 is 0. The summed E-state index contributed by atoms with van der Waals surface area (Å²) in [5.41, 5.74) is 2.85. The van der Waals surface area contributed by atoms with E-state index >= 15 is 0 Å². The summed E-state index contributed by atoms with van der Waals surface area (Å²) in [6.07, 6.45) is 1.86. The molecule has 3 amide bonds. The van der Waals surface area contributed by atoms with Crippen LogP contribution in [0.25, 0.3) is 0 Å². The molecule has 1 aromatic carbocycles. The van der Waals surface area contributed by atoms with Crippen LogP contribution in [0.5, 0.6) is 0 Å².